The Labute approximate surface area is 536 Å². The Kier molecular flexibility index (Phi) is 11.1. The highest BCUT2D eigenvalue weighted by Gasteiger charge is 2.26. The zero-order valence-corrected chi connectivity index (χ0v) is 50.5. The van der Waals surface area contributed by atoms with Gasteiger partial charge in [-0.15, -0.1) is 0 Å². The number of hydrogen-bond donors (Lipinski definition) is 1. The summed E-state index contributed by atoms with van der Waals surface area (Å²) in [7, 11) is 0. The van der Waals surface area contributed by atoms with Crippen LogP contribution in [-0.4, -0.2) is 19.5 Å². The lowest BCUT2D eigenvalue weighted by Gasteiger charge is -2.10. The zero-order chi connectivity index (χ0) is 61.0. The number of nitrogens with one attached hydrogen (secondary N) is 1. The summed E-state index contributed by atoms with van der Waals surface area (Å²) in [5.74, 6) is 0.931. The number of hydrogen-bond acceptors (Lipinski definition) is 4. The number of H-pyrrole nitrogens is 1. The number of rotatable bonds is 3. The van der Waals surface area contributed by atoms with E-state index in [2.05, 4.69) is 300 Å². The number of aromatic nitrogens is 4. The third-order valence-corrected chi connectivity index (χ3v) is 19.6. The molecule has 6 heterocycles. The van der Waals surface area contributed by atoms with E-state index in [9.17, 15) is 0 Å². The van der Waals surface area contributed by atoms with Crippen LogP contribution in [0.15, 0.2) is 300 Å². The standard InChI is InChI=1S/C43H24N2O.C28H17NO.C15H8ClN/c1-2-10-29-25(7-1)16-21-39-42(29)35-24-28(17-20-38(35)46-39)27-15-19-37-34(23-27)30-11-3-4-14-36(30)45(37)40-22-18-32-31-12-5-8-26-9-6-13-33(41(26)31)43(32)44-40;1-2-6-20-17(5-1)10-14-27-28(20)23-16-19(11-13-26(23)30-27)18-9-12-25-22(15-18)21-7-3-4-8-24(21)29-25;16-13-8-7-11-10-5-1-3-9-4-2-6-12(14(9)10)15(11)17-13/h1-24H;1-16,29H;1-8H. The van der Waals surface area contributed by atoms with Crippen molar-refractivity contribution >= 4 is 142 Å². The molecule has 22 rings (SSSR count). The van der Waals surface area contributed by atoms with Crippen LogP contribution in [-0.2, 0) is 0 Å². The van der Waals surface area contributed by atoms with E-state index in [1.165, 1.54) is 147 Å². The number of para-hydroxylation sites is 2. The van der Waals surface area contributed by atoms with Crippen molar-refractivity contribution in [1.29, 1.82) is 0 Å². The van der Waals surface area contributed by atoms with Crippen LogP contribution in [0.1, 0.15) is 0 Å². The molecule has 93 heavy (non-hydrogen) atoms. The van der Waals surface area contributed by atoms with Gasteiger partial charge in [0.2, 0.25) is 0 Å². The van der Waals surface area contributed by atoms with E-state index in [1.807, 2.05) is 6.07 Å². The van der Waals surface area contributed by atoms with Gasteiger partial charge in [-0.2, -0.15) is 0 Å². The van der Waals surface area contributed by atoms with Crippen LogP contribution in [0, 0.1) is 0 Å². The predicted molar refractivity (Wildman–Crippen MR) is 388 cm³/mol. The van der Waals surface area contributed by atoms with Crippen molar-refractivity contribution < 1.29 is 8.83 Å². The maximum absolute atomic E-state index is 6.29. The van der Waals surface area contributed by atoms with Crippen LogP contribution in [0.5, 0.6) is 0 Å². The number of fused-ring (bicyclic) bond motifs is 22. The van der Waals surface area contributed by atoms with Gasteiger partial charge < -0.3 is 13.8 Å². The van der Waals surface area contributed by atoms with Gasteiger partial charge in [0.15, 0.2) is 0 Å². The summed E-state index contributed by atoms with van der Waals surface area (Å²) < 4.78 is 14.8. The van der Waals surface area contributed by atoms with Crippen LogP contribution >= 0.6 is 11.6 Å². The molecule has 0 aliphatic heterocycles. The molecule has 2 aliphatic rings. The van der Waals surface area contributed by atoms with Gasteiger partial charge in [0.1, 0.15) is 33.3 Å². The van der Waals surface area contributed by atoms with Gasteiger partial charge in [-0.3, -0.25) is 4.57 Å². The van der Waals surface area contributed by atoms with Gasteiger partial charge >= 0.3 is 0 Å². The van der Waals surface area contributed by atoms with E-state index in [-0.39, 0.29) is 0 Å². The zero-order valence-electron chi connectivity index (χ0n) is 49.7. The topological polar surface area (TPSA) is 72.8 Å². The molecule has 6 aromatic heterocycles. The molecule has 7 heteroatoms. The summed E-state index contributed by atoms with van der Waals surface area (Å²) in [6, 6.07) is 103. The largest absolute Gasteiger partial charge is 0.456 e. The summed E-state index contributed by atoms with van der Waals surface area (Å²) in [4.78, 5) is 13.3. The molecule has 20 aromatic rings. The Morgan fingerprint density at radius 1 is 0.280 bits per heavy atom. The lowest BCUT2D eigenvalue weighted by atomic mass is 9.99. The summed E-state index contributed by atoms with van der Waals surface area (Å²) in [5.41, 5.74) is 22.5. The van der Waals surface area contributed by atoms with Crippen molar-refractivity contribution in [3.05, 3.63) is 296 Å². The minimum Gasteiger partial charge on any atom is -0.456 e. The Balaban J connectivity index is 0.000000108. The fraction of sp³-hybridized carbons (Fsp3) is 0. The summed E-state index contributed by atoms with van der Waals surface area (Å²) in [5, 5.41) is 20.2. The van der Waals surface area contributed by atoms with E-state index in [0.29, 0.717) is 5.15 Å². The molecule has 0 spiro atoms. The fourth-order valence-electron chi connectivity index (χ4n) is 15.3. The molecule has 0 radical (unpaired) electrons. The van der Waals surface area contributed by atoms with Gasteiger partial charge in [0.05, 0.1) is 22.4 Å². The van der Waals surface area contributed by atoms with Crippen molar-refractivity contribution in [1.82, 2.24) is 19.5 Å². The van der Waals surface area contributed by atoms with Gasteiger partial charge in [-0.05, 0) is 174 Å². The third kappa shape index (κ3) is 7.89. The molecule has 0 amide bonds. The van der Waals surface area contributed by atoms with Crippen molar-refractivity contribution in [3.8, 4) is 72.8 Å². The lowest BCUT2D eigenvalue weighted by molar-refractivity contribution is 0.669. The fourth-order valence-corrected chi connectivity index (χ4v) is 15.4. The molecule has 1 N–H and O–H groups in total. The first kappa shape index (κ1) is 51.8. The first-order valence-corrected chi connectivity index (χ1v) is 31.8. The maximum Gasteiger partial charge on any atom is 0.138 e. The van der Waals surface area contributed by atoms with Crippen LogP contribution in [0.4, 0.5) is 0 Å². The van der Waals surface area contributed by atoms with E-state index >= 15 is 0 Å². The molecule has 0 unspecified atom stereocenters. The molecular formula is C86H49ClN4O2. The van der Waals surface area contributed by atoms with Crippen LogP contribution in [0.25, 0.3) is 203 Å². The van der Waals surface area contributed by atoms with Crippen molar-refractivity contribution in [2.24, 2.45) is 0 Å². The third-order valence-electron chi connectivity index (χ3n) is 19.4. The molecular weight excluding hydrogens is 1160 g/mol. The average Bonchev–Trinajstić information content (AvgIpc) is 1.62. The number of halogens is 1. The summed E-state index contributed by atoms with van der Waals surface area (Å²) in [6.45, 7) is 0. The van der Waals surface area contributed by atoms with Crippen LogP contribution in [0.2, 0.25) is 5.15 Å². The number of nitrogens with zero attached hydrogens (tertiary/aromatic N) is 3. The first-order chi connectivity index (χ1) is 46.0. The highest BCUT2D eigenvalue weighted by Crippen LogP contribution is 2.49. The molecule has 0 saturated carbocycles. The average molecular weight is 1210 g/mol. The van der Waals surface area contributed by atoms with Gasteiger partial charge in [-0.1, -0.05) is 206 Å². The predicted octanol–water partition coefficient (Wildman–Crippen LogP) is 24.3. The van der Waals surface area contributed by atoms with Crippen molar-refractivity contribution in [3.63, 3.8) is 0 Å². The van der Waals surface area contributed by atoms with E-state index in [0.717, 1.165) is 56.0 Å². The van der Waals surface area contributed by atoms with Gasteiger partial charge in [0.25, 0.3) is 0 Å². The Morgan fingerprint density at radius 3 is 1.35 bits per heavy atom. The van der Waals surface area contributed by atoms with Gasteiger partial charge in [0, 0.05) is 76.4 Å². The SMILES string of the molecule is Clc1ccc2c(n1)-c1cccc3cccc-2c13.c1cc2c3c(cccc3c1)-c1nc(-n3c4ccccc4c4cc(-c5ccc6oc7ccc8ccccc8c7c6c5)ccc43)ccc1-2.c1ccc2c(c1)ccc1oc3ccc(-c4ccc5[nH]c6ccccc6c5c4)cc3c12. The molecule has 6 nitrogen and oxygen atoms in total. The smallest absolute Gasteiger partial charge is 0.138 e. The monoisotopic (exact) mass is 1200 g/mol. The quantitative estimate of drug-likeness (QED) is 0.179. The van der Waals surface area contributed by atoms with E-state index in [4.69, 9.17) is 25.4 Å². The minimum atomic E-state index is 0.550. The Morgan fingerprint density at radius 2 is 0.731 bits per heavy atom. The maximum atomic E-state index is 6.29. The lowest BCUT2D eigenvalue weighted by Crippen LogP contribution is -1.98. The van der Waals surface area contributed by atoms with Crippen molar-refractivity contribution in [2.45, 2.75) is 0 Å². The summed E-state index contributed by atoms with van der Waals surface area (Å²) >= 11 is 5.99. The second-order valence-electron chi connectivity index (χ2n) is 24.5. The highest BCUT2D eigenvalue weighted by molar-refractivity contribution is 6.30. The normalized spacial score (nSPS) is 12.1. The highest BCUT2D eigenvalue weighted by atomic mass is 35.5. The van der Waals surface area contributed by atoms with Crippen LogP contribution in [0.3, 0.4) is 0 Å². The Bertz CT molecular complexity index is 6590. The minimum absolute atomic E-state index is 0.550. The molecule has 2 aliphatic carbocycles. The summed E-state index contributed by atoms with van der Waals surface area (Å²) in [6.07, 6.45) is 0. The second-order valence-corrected chi connectivity index (χ2v) is 24.9. The second kappa shape index (κ2) is 20.0. The molecule has 432 valence electrons. The molecule has 0 fully saturated rings. The number of furan rings is 2. The van der Waals surface area contributed by atoms with E-state index < -0.39 is 0 Å². The number of pyridine rings is 2. The Hall–Kier alpha value is -12.1. The first-order valence-electron chi connectivity index (χ1n) is 31.5. The molecule has 0 bridgehead atoms. The van der Waals surface area contributed by atoms with Crippen molar-refractivity contribution in [2.75, 3.05) is 0 Å². The van der Waals surface area contributed by atoms with Crippen LogP contribution < -0.4 is 0 Å². The number of aromatic amines is 1. The van der Waals surface area contributed by atoms with E-state index in [1.54, 1.807) is 0 Å². The van der Waals surface area contributed by atoms with Gasteiger partial charge in [-0.25, -0.2) is 9.97 Å². The molecule has 14 aromatic carbocycles. The molecule has 0 atom stereocenters. The molecule has 0 saturated heterocycles. The number of benzene rings is 14.